The van der Waals surface area contributed by atoms with Gasteiger partial charge in [0.2, 0.25) is 10.0 Å². The molecule has 2 rings (SSSR count). The number of ether oxygens (including phenoxy) is 1. The number of sulfonamides is 1. The Morgan fingerprint density at radius 3 is 2.00 bits per heavy atom. The summed E-state index contributed by atoms with van der Waals surface area (Å²) in [6.45, 7) is 6.72. The molecular formula is C21H29IN4O3S. The van der Waals surface area contributed by atoms with Gasteiger partial charge in [-0.3, -0.25) is 0 Å². The van der Waals surface area contributed by atoms with Gasteiger partial charge < -0.3 is 9.64 Å². The molecule has 164 valence electrons. The van der Waals surface area contributed by atoms with Crippen molar-refractivity contribution in [3.8, 4) is 0 Å². The van der Waals surface area contributed by atoms with Crippen LogP contribution in [0, 0.1) is 0 Å². The molecule has 2 aromatic rings. The monoisotopic (exact) mass is 544 g/mol. The SMILES string of the molecule is CC(CNS(=O)(=O)c1ccc(N=Nc2ccc(N(C)C)cc2)cc1)OCC(C)(C)I. The van der Waals surface area contributed by atoms with E-state index in [0.717, 1.165) is 11.4 Å². The third-order valence-electron chi connectivity index (χ3n) is 4.07. The van der Waals surface area contributed by atoms with Crippen LogP contribution in [-0.2, 0) is 14.8 Å². The van der Waals surface area contributed by atoms with Crippen LogP contribution in [0.1, 0.15) is 20.8 Å². The average Bonchev–Trinajstić information content (AvgIpc) is 2.69. The molecular weight excluding hydrogens is 515 g/mol. The number of benzene rings is 2. The summed E-state index contributed by atoms with van der Waals surface area (Å²) in [6.07, 6.45) is -0.222. The van der Waals surface area contributed by atoms with Crippen molar-refractivity contribution in [1.29, 1.82) is 0 Å². The van der Waals surface area contributed by atoms with Gasteiger partial charge in [0.1, 0.15) is 0 Å². The fraction of sp³-hybridized carbons (Fsp3) is 0.429. The molecule has 0 aliphatic heterocycles. The molecule has 0 aromatic heterocycles. The van der Waals surface area contributed by atoms with Gasteiger partial charge in [0, 0.05) is 29.7 Å². The fourth-order valence-electron chi connectivity index (χ4n) is 2.33. The number of rotatable bonds is 10. The summed E-state index contributed by atoms with van der Waals surface area (Å²) in [5.74, 6) is 0. The smallest absolute Gasteiger partial charge is 0.240 e. The molecule has 1 atom stereocenters. The largest absolute Gasteiger partial charge is 0.378 e. The summed E-state index contributed by atoms with van der Waals surface area (Å²) < 4.78 is 33.3. The number of nitrogens with zero attached hydrogens (tertiary/aromatic N) is 3. The van der Waals surface area contributed by atoms with Gasteiger partial charge in [-0.1, -0.05) is 22.6 Å². The van der Waals surface area contributed by atoms with E-state index in [9.17, 15) is 8.42 Å². The third kappa shape index (κ3) is 8.29. The summed E-state index contributed by atoms with van der Waals surface area (Å²) in [4.78, 5) is 2.18. The zero-order valence-corrected chi connectivity index (χ0v) is 20.9. The predicted octanol–water partition coefficient (Wildman–Crippen LogP) is 5.07. The van der Waals surface area contributed by atoms with Crippen molar-refractivity contribution >= 4 is 49.7 Å². The second-order valence-corrected chi connectivity index (χ2v) is 12.5. The van der Waals surface area contributed by atoms with Gasteiger partial charge in [-0.2, -0.15) is 10.2 Å². The molecule has 0 amide bonds. The van der Waals surface area contributed by atoms with Crippen LogP contribution in [0.25, 0.3) is 0 Å². The van der Waals surface area contributed by atoms with E-state index in [2.05, 4.69) is 51.4 Å². The summed E-state index contributed by atoms with van der Waals surface area (Å²) in [6, 6.07) is 14.0. The first-order chi connectivity index (χ1) is 14.0. The van der Waals surface area contributed by atoms with Crippen molar-refractivity contribution in [2.45, 2.75) is 35.2 Å². The molecule has 30 heavy (non-hydrogen) atoms. The van der Waals surface area contributed by atoms with E-state index in [-0.39, 0.29) is 21.0 Å². The van der Waals surface area contributed by atoms with Crippen molar-refractivity contribution in [3.05, 3.63) is 48.5 Å². The molecule has 0 saturated heterocycles. The molecule has 0 heterocycles. The second-order valence-electron chi connectivity index (χ2n) is 7.80. The first kappa shape index (κ1) is 24.7. The van der Waals surface area contributed by atoms with Crippen molar-refractivity contribution in [2.75, 3.05) is 32.1 Å². The molecule has 0 radical (unpaired) electrons. The highest BCUT2D eigenvalue weighted by atomic mass is 127. The minimum atomic E-state index is -3.61. The van der Waals surface area contributed by atoms with Crippen molar-refractivity contribution in [2.24, 2.45) is 10.2 Å². The summed E-state index contributed by atoms with van der Waals surface area (Å²) >= 11 is 2.30. The van der Waals surface area contributed by atoms with Crippen LogP contribution in [0.2, 0.25) is 0 Å². The molecule has 0 spiro atoms. The van der Waals surface area contributed by atoms with Crippen molar-refractivity contribution < 1.29 is 13.2 Å². The highest BCUT2D eigenvalue weighted by Crippen LogP contribution is 2.22. The number of alkyl halides is 1. The van der Waals surface area contributed by atoms with Gasteiger partial charge >= 0.3 is 0 Å². The topological polar surface area (TPSA) is 83.4 Å². The maximum atomic E-state index is 12.5. The lowest BCUT2D eigenvalue weighted by Gasteiger charge is -2.20. The number of anilines is 1. The van der Waals surface area contributed by atoms with E-state index in [1.165, 1.54) is 12.1 Å². The van der Waals surface area contributed by atoms with Crippen molar-refractivity contribution in [3.63, 3.8) is 0 Å². The molecule has 1 unspecified atom stereocenters. The van der Waals surface area contributed by atoms with E-state index >= 15 is 0 Å². The lowest BCUT2D eigenvalue weighted by atomic mass is 10.2. The van der Waals surface area contributed by atoms with Crippen LogP contribution in [0.5, 0.6) is 0 Å². The van der Waals surface area contributed by atoms with Crippen LogP contribution >= 0.6 is 22.6 Å². The maximum Gasteiger partial charge on any atom is 0.240 e. The van der Waals surface area contributed by atoms with Crippen LogP contribution in [0.4, 0.5) is 17.1 Å². The standard InChI is InChI=1S/C21H29IN4O3S/c1-16(29-15-21(2,3)22)14-23-30(27,28)20-12-8-18(9-13-20)25-24-17-6-10-19(11-7-17)26(4)5/h6-13,16,23H,14-15H2,1-5H3. The molecule has 2 aromatic carbocycles. The molecule has 0 aliphatic rings. The van der Waals surface area contributed by atoms with E-state index in [0.29, 0.717) is 12.3 Å². The predicted molar refractivity (Wildman–Crippen MR) is 130 cm³/mol. The van der Waals surface area contributed by atoms with Crippen LogP contribution < -0.4 is 9.62 Å². The Labute approximate surface area is 193 Å². The maximum absolute atomic E-state index is 12.5. The number of azo groups is 1. The Bertz CT molecular complexity index is 938. The molecule has 0 saturated carbocycles. The summed E-state index contributed by atoms with van der Waals surface area (Å²) in [5, 5.41) is 8.36. The average molecular weight is 544 g/mol. The van der Waals surface area contributed by atoms with Gasteiger partial charge in [0.25, 0.3) is 0 Å². The fourth-order valence-corrected chi connectivity index (χ4v) is 3.63. The lowest BCUT2D eigenvalue weighted by Crippen LogP contribution is -2.34. The van der Waals surface area contributed by atoms with Crippen LogP contribution in [0.3, 0.4) is 0 Å². The Morgan fingerprint density at radius 2 is 1.53 bits per heavy atom. The third-order valence-corrected chi connectivity index (χ3v) is 5.82. The van der Waals surface area contributed by atoms with Gasteiger partial charge in [0.15, 0.2) is 0 Å². The van der Waals surface area contributed by atoms with E-state index in [1.807, 2.05) is 50.2 Å². The summed E-state index contributed by atoms with van der Waals surface area (Å²) in [5.41, 5.74) is 2.38. The van der Waals surface area contributed by atoms with Crippen molar-refractivity contribution in [1.82, 2.24) is 4.72 Å². The lowest BCUT2D eigenvalue weighted by molar-refractivity contribution is 0.0613. The van der Waals surface area contributed by atoms with E-state index < -0.39 is 10.0 Å². The van der Waals surface area contributed by atoms with Gasteiger partial charge in [0.05, 0.1) is 29.0 Å². The Kier molecular flexibility index (Phi) is 8.77. The number of hydrogen-bond acceptors (Lipinski definition) is 6. The quantitative estimate of drug-likeness (QED) is 0.257. The highest BCUT2D eigenvalue weighted by molar-refractivity contribution is 14.1. The molecule has 9 heteroatoms. The first-order valence-electron chi connectivity index (χ1n) is 9.56. The van der Waals surface area contributed by atoms with Gasteiger partial charge in [-0.15, -0.1) is 0 Å². The molecule has 1 N–H and O–H groups in total. The summed E-state index contributed by atoms with van der Waals surface area (Å²) in [7, 11) is 0.330. The minimum absolute atomic E-state index is 0.00364. The van der Waals surface area contributed by atoms with E-state index in [4.69, 9.17) is 4.74 Å². The normalized spacial score (nSPS) is 13.5. The van der Waals surface area contributed by atoms with Gasteiger partial charge in [-0.25, -0.2) is 13.1 Å². The molecule has 7 nitrogen and oxygen atoms in total. The van der Waals surface area contributed by atoms with Gasteiger partial charge in [-0.05, 0) is 69.3 Å². The molecule has 0 aliphatic carbocycles. The first-order valence-corrected chi connectivity index (χ1v) is 12.1. The highest BCUT2D eigenvalue weighted by Gasteiger charge is 2.18. The number of halogens is 1. The molecule has 0 fully saturated rings. The zero-order chi connectivity index (χ0) is 22.4. The number of nitrogens with one attached hydrogen (secondary N) is 1. The van der Waals surface area contributed by atoms with Crippen LogP contribution in [0.15, 0.2) is 63.7 Å². The Morgan fingerprint density at radius 1 is 1.03 bits per heavy atom. The Balaban J connectivity index is 1.95. The Hall–Kier alpha value is -1.56. The second kappa shape index (κ2) is 10.7. The zero-order valence-electron chi connectivity index (χ0n) is 18.0. The van der Waals surface area contributed by atoms with E-state index in [1.54, 1.807) is 12.1 Å². The number of hydrogen-bond donors (Lipinski definition) is 1. The molecule has 0 bridgehead atoms. The minimum Gasteiger partial charge on any atom is -0.378 e. The van der Waals surface area contributed by atoms with Crippen LogP contribution in [-0.4, -0.2) is 45.2 Å².